The first kappa shape index (κ1) is 16.7. The summed E-state index contributed by atoms with van der Waals surface area (Å²) < 4.78 is 30.7. The maximum absolute atomic E-state index is 13.2. The van der Waals surface area contributed by atoms with Gasteiger partial charge in [0.2, 0.25) is 0 Å². The van der Waals surface area contributed by atoms with Gasteiger partial charge in [0.1, 0.15) is 0 Å². The molecule has 0 radical (unpaired) electrons. The predicted octanol–water partition coefficient (Wildman–Crippen LogP) is 2.01. The number of hydrogen-bond donors (Lipinski definition) is 3. The molecule has 1 aromatic carbocycles. The van der Waals surface area contributed by atoms with Crippen molar-refractivity contribution in [3.8, 4) is 0 Å². The Kier molecular flexibility index (Phi) is 5.07. The smallest absolute Gasteiger partial charge is 0.408 e. The van der Waals surface area contributed by atoms with E-state index in [2.05, 4.69) is 15.4 Å². The SMILES string of the molecule is CC(C)(C)NC(=O)OCC(=O)Nc1ccc(F)c(F)c1N. The van der Waals surface area contributed by atoms with E-state index in [0.717, 1.165) is 12.1 Å². The van der Waals surface area contributed by atoms with Crippen LogP contribution in [-0.2, 0) is 9.53 Å². The third-order valence-electron chi connectivity index (χ3n) is 2.22. The Morgan fingerprint density at radius 1 is 1.29 bits per heavy atom. The third kappa shape index (κ3) is 5.25. The van der Waals surface area contributed by atoms with E-state index in [-0.39, 0.29) is 5.69 Å². The van der Waals surface area contributed by atoms with Crippen molar-refractivity contribution >= 4 is 23.4 Å². The number of carbonyl (C=O) groups excluding carboxylic acids is 2. The molecule has 0 fully saturated rings. The molecule has 2 amide bonds. The highest BCUT2D eigenvalue weighted by Gasteiger charge is 2.17. The van der Waals surface area contributed by atoms with Crippen LogP contribution in [0.5, 0.6) is 0 Å². The second-order valence-electron chi connectivity index (χ2n) is 5.32. The Balaban J connectivity index is 2.55. The molecule has 21 heavy (non-hydrogen) atoms. The maximum atomic E-state index is 13.2. The average Bonchev–Trinajstić information content (AvgIpc) is 2.35. The molecule has 0 aliphatic rings. The summed E-state index contributed by atoms with van der Waals surface area (Å²) in [6.45, 7) is 4.66. The summed E-state index contributed by atoms with van der Waals surface area (Å²) in [4.78, 5) is 22.9. The quantitative estimate of drug-likeness (QED) is 0.744. The highest BCUT2D eigenvalue weighted by molar-refractivity contribution is 5.95. The number of amides is 2. The summed E-state index contributed by atoms with van der Waals surface area (Å²) in [6, 6.07) is 1.94. The Morgan fingerprint density at radius 3 is 2.48 bits per heavy atom. The molecular weight excluding hydrogens is 284 g/mol. The molecule has 1 aromatic rings. The van der Waals surface area contributed by atoms with Crippen LogP contribution < -0.4 is 16.4 Å². The van der Waals surface area contributed by atoms with Gasteiger partial charge in [0.05, 0.1) is 11.4 Å². The van der Waals surface area contributed by atoms with Crippen LogP contribution in [0.15, 0.2) is 12.1 Å². The zero-order valence-electron chi connectivity index (χ0n) is 11.9. The van der Waals surface area contributed by atoms with Crippen LogP contribution >= 0.6 is 0 Å². The number of anilines is 2. The lowest BCUT2D eigenvalue weighted by Gasteiger charge is -2.19. The molecule has 0 saturated carbocycles. The second-order valence-corrected chi connectivity index (χ2v) is 5.32. The Hall–Kier alpha value is -2.38. The first-order valence-corrected chi connectivity index (χ1v) is 6.08. The number of ether oxygens (including phenoxy) is 1. The second kappa shape index (κ2) is 6.38. The van der Waals surface area contributed by atoms with Crippen LogP contribution in [-0.4, -0.2) is 24.1 Å². The fraction of sp³-hybridized carbons (Fsp3) is 0.385. The predicted molar refractivity (Wildman–Crippen MR) is 73.6 cm³/mol. The lowest BCUT2D eigenvalue weighted by atomic mass is 10.1. The van der Waals surface area contributed by atoms with Gasteiger partial charge >= 0.3 is 6.09 Å². The highest BCUT2D eigenvalue weighted by atomic mass is 19.2. The molecule has 0 saturated heterocycles. The van der Waals surface area contributed by atoms with Gasteiger partial charge in [-0.15, -0.1) is 0 Å². The van der Waals surface area contributed by atoms with Crippen molar-refractivity contribution in [3.63, 3.8) is 0 Å². The third-order valence-corrected chi connectivity index (χ3v) is 2.22. The number of carbonyl (C=O) groups is 2. The Bertz CT molecular complexity index is 556. The zero-order chi connectivity index (χ0) is 16.2. The van der Waals surface area contributed by atoms with Crippen LogP contribution in [0.4, 0.5) is 25.0 Å². The van der Waals surface area contributed by atoms with Crippen molar-refractivity contribution in [1.82, 2.24) is 5.32 Å². The first-order valence-electron chi connectivity index (χ1n) is 6.08. The van der Waals surface area contributed by atoms with Gasteiger partial charge in [-0.3, -0.25) is 4.79 Å². The van der Waals surface area contributed by atoms with E-state index in [9.17, 15) is 18.4 Å². The van der Waals surface area contributed by atoms with Gasteiger partial charge in [-0.05, 0) is 32.9 Å². The summed E-state index contributed by atoms with van der Waals surface area (Å²) in [5.74, 6) is -3.10. The van der Waals surface area contributed by atoms with E-state index in [4.69, 9.17) is 5.73 Å². The molecule has 0 atom stereocenters. The zero-order valence-corrected chi connectivity index (χ0v) is 11.9. The molecule has 0 aliphatic heterocycles. The lowest BCUT2D eigenvalue weighted by molar-refractivity contribution is -0.119. The molecule has 1 rings (SSSR count). The van der Waals surface area contributed by atoms with Crippen molar-refractivity contribution in [3.05, 3.63) is 23.8 Å². The molecule has 0 unspecified atom stereocenters. The first-order chi connectivity index (χ1) is 9.60. The summed E-state index contributed by atoms with van der Waals surface area (Å²) in [6.07, 6.45) is -0.768. The van der Waals surface area contributed by atoms with Crippen molar-refractivity contribution in [1.29, 1.82) is 0 Å². The van der Waals surface area contributed by atoms with E-state index >= 15 is 0 Å². The molecule has 0 heterocycles. The molecule has 0 bridgehead atoms. The topological polar surface area (TPSA) is 93.4 Å². The number of rotatable bonds is 3. The summed E-state index contributed by atoms with van der Waals surface area (Å²) in [5, 5.41) is 4.71. The van der Waals surface area contributed by atoms with Gasteiger partial charge in [0.25, 0.3) is 5.91 Å². The van der Waals surface area contributed by atoms with Crippen molar-refractivity contribution in [2.24, 2.45) is 0 Å². The molecule has 0 aliphatic carbocycles. The number of benzene rings is 1. The molecule has 0 spiro atoms. The van der Waals surface area contributed by atoms with Crippen LogP contribution in [0.3, 0.4) is 0 Å². The number of nitrogens with two attached hydrogens (primary N) is 1. The number of nitrogens with one attached hydrogen (secondary N) is 2. The highest BCUT2D eigenvalue weighted by Crippen LogP contribution is 2.23. The van der Waals surface area contributed by atoms with Gasteiger partial charge in [-0.25, -0.2) is 13.6 Å². The molecule has 116 valence electrons. The monoisotopic (exact) mass is 301 g/mol. The number of hydrogen-bond acceptors (Lipinski definition) is 4. The Morgan fingerprint density at radius 2 is 1.90 bits per heavy atom. The molecule has 6 nitrogen and oxygen atoms in total. The molecular formula is C13H17F2N3O3. The number of halogens is 2. The van der Waals surface area contributed by atoms with Crippen molar-refractivity contribution in [2.75, 3.05) is 17.7 Å². The Labute approximate surface area is 120 Å². The minimum absolute atomic E-state index is 0.0984. The van der Waals surface area contributed by atoms with Crippen molar-refractivity contribution < 1.29 is 23.1 Å². The lowest BCUT2D eigenvalue weighted by Crippen LogP contribution is -2.41. The van der Waals surface area contributed by atoms with E-state index in [1.54, 1.807) is 20.8 Å². The summed E-state index contributed by atoms with van der Waals surface area (Å²) in [5.41, 5.74) is 4.20. The normalized spacial score (nSPS) is 10.9. The standard InChI is InChI=1S/C13H17F2N3O3/c1-13(2,3)18-12(20)21-6-9(19)17-8-5-4-7(14)10(15)11(8)16/h4-5H,6,16H2,1-3H3,(H,17,19)(H,18,20). The average molecular weight is 301 g/mol. The van der Waals surface area contributed by atoms with E-state index in [1.165, 1.54) is 0 Å². The van der Waals surface area contributed by atoms with E-state index in [1.807, 2.05) is 0 Å². The van der Waals surface area contributed by atoms with Crippen LogP contribution in [0.25, 0.3) is 0 Å². The van der Waals surface area contributed by atoms with Gasteiger partial charge in [0.15, 0.2) is 18.2 Å². The van der Waals surface area contributed by atoms with Gasteiger partial charge in [0, 0.05) is 5.54 Å². The fourth-order valence-electron chi connectivity index (χ4n) is 1.33. The maximum Gasteiger partial charge on any atom is 0.408 e. The van der Waals surface area contributed by atoms with Crippen LogP contribution in [0, 0.1) is 11.6 Å². The van der Waals surface area contributed by atoms with Gasteiger partial charge in [-0.2, -0.15) is 0 Å². The largest absolute Gasteiger partial charge is 0.439 e. The van der Waals surface area contributed by atoms with Crippen LogP contribution in [0.1, 0.15) is 20.8 Å². The molecule has 8 heteroatoms. The minimum Gasteiger partial charge on any atom is -0.439 e. The van der Waals surface area contributed by atoms with E-state index < -0.39 is 41.5 Å². The number of nitrogen functional groups attached to an aromatic ring is 1. The summed E-state index contributed by atoms with van der Waals surface area (Å²) >= 11 is 0. The van der Waals surface area contributed by atoms with Crippen LogP contribution in [0.2, 0.25) is 0 Å². The summed E-state index contributed by atoms with van der Waals surface area (Å²) in [7, 11) is 0. The minimum atomic E-state index is -1.25. The molecule has 0 aromatic heterocycles. The van der Waals surface area contributed by atoms with Gasteiger partial charge < -0.3 is 21.1 Å². The fourth-order valence-corrected chi connectivity index (χ4v) is 1.33. The van der Waals surface area contributed by atoms with E-state index in [0.29, 0.717) is 0 Å². The van der Waals surface area contributed by atoms with Crippen molar-refractivity contribution in [2.45, 2.75) is 26.3 Å². The van der Waals surface area contributed by atoms with Gasteiger partial charge in [-0.1, -0.05) is 0 Å². The number of alkyl carbamates (subject to hydrolysis) is 1. The molecule has 4 N–H and O–H groups in total.